The molecule has 0 spiro atoms. The molecule has 168 valence electrons. The van der Waals surface area contributed by atoms with Gasteiger partial charge in [-0.1, -0.05) is 25.2 Å². The molecular weight excluding hydrogens is 404 g/mol. The van der Waals surface area contributed by atoms with Gasteiger partial charge in [0.15, 0.2) is 5.76 Å². The van der Waals surface area contributed by atoms with Gasteiger partial charge >= 0.3 is 0 Å². The van der Waals surface area contributed by atoms with Crippen LogP contribution in [0, 0.1) is 0 Å². The number of methoxy groups -OCH3 is 1. The Balaban J connectivity index is 1.72. The third-order valence-corrected chi connectivity index (χ3v) is 6.08. The molecular formula is C26H30N2O4. The number of carbonyl (C=O) groups is 1. The maximum absolute atomic E-state index is 13.1. The summed E-state index contributed by atoms with van der Waals surface area (Å²) in [6, 6.07) is 8.98. The molecule has 6 heteroatoms. The van der Waals surface area contributed by atoms with E-state index in [1.807, 2.05) is 24.4 Å². The highest BCUT2D eigenvalue weighted by Crippen LogP contribution is 2.39. The van der Waals surface area contributed by atoms with E-state index in [9.17, 15) is 9.90 Å². The molecule has 6 nitrogen and oxygen atoms in total. The zero-order valence-electron chi connectivity index (χ0n) is 19.2. The van der Waals surface area contributed by atoms with Crippen molar-refractivity contribution in [1.29, 1.82) is 0 Å². The van der Waals surface area contributed by atoms with Crippen LogP contribution in [0.5, 0.6) is 17.2 Å². The van der Waals surface area contributed by atoms with Crippen LogP contribution in [-0.2, 0) is 13.1 Å². The number of allylic oxidation sites excluding steroid dienone is 1. The number of Topliss-reactive ketones (excluding diaryl/α,β-unsaturated/α-hetero) is 1. The number of carbonyl (C=O) groups excluding carboxylic acids is 1. The highest BCUT2D eigenvalue weighted by Gasteiger charge is 2.31. The van der Waals surface area contributed by atoms with E-state index in [1.165, 1.54) is 11.0 Å². The molecule has 4 rings (SSSR count). The molecule has 0 fully saturated rings. The second kappa shape index (κ2) is 9.09. The molecule has 1 atom stereocenters. The molecule has 0 saturated heterocycles. The number of nitrogens with one attached hydrogen (secondary N) is 1. The summed E-state index contributed by atoms with van der Waals surface area (Å²) in [5.74, 6) is 1.15. The number of fused-ring (bicyclic) bond motifs is 2. The molecule has 1 unspecified atom stereocenters. The molecule has 2 aromatic carbocycles. The predicted octanol–water partition coefficient (Wildman–Crippen LogP) is 3.17. The van der Waals surface area contributed by atoms with Crippen LogP contribution in [0.1, 0.15) is 48.2 Å². The number of hydrogen-bond acceptors (Lipinski definition) is 4. The molecule has 0 aliphatic carbocycles. The van der Waals surface area contributed by atoms with E-state index in [0.29, 0.717) is 23.4 Å². The van der Waals surface area contributed by atoms with Crippen molar-refractivity contribution < 1.29 is 24.3 Å². The van der Waals surface area contributed by atoms with Gasteiger partial charge in [-0.15, -0.1) is 0 Å². The smallest absolute Gasteiger partial charge is 0.231 e. The number of rotatable bonds is 8. The molecule has 1 aromatic heterocycles. The Morgan fingerprint density at radius 3 is 2.75 bits per heavy atom. The lowest BCUT2D eigenvalue weighted by molar-refractivity contribution is -0.894. The summed E-state index contributed by atoms with van der Waals surface area (Å²) in [7, 11) is 3.70. The summed E-state index contributed by atoms with van der Waals surface area (Å²) in [4.78, 5) is 14.4. The lowest BCUT2D eigenvalue weighted by Crippen LogP contribution is -3.07. The number of hydrogen-bond donors (Lipinski definition) is 1. The van der Waals surface area contributed by atoms with Gasteiger partial charge in [-0.3, -0.25) is 4.79 Å². The van der Waals surface area contributed by atoms with Crippen molar-refractivity contribution in [2.24, 2.45) is 0 Å². The average Bonchev–Trinajstić information content (AvgIpc) is 3.31. The summed E-state index contributed by atoms with van der Waals surface area (Å²) < 4.78 is 13.6. The summed E-state index contributed by atoms with van der Waals surface area (Å²) in [5, 5.41) is 13.6. The third-order valence-electron chi connectivity index (χ3n) is 6.08. The SMILES string of the molecule is CCCC[NH+](C)Cc1c([O-])ccc2c1O/C(=C/c1cn(CC)c3ccc(OC)cc13)C2=O. The first-order chi connectivity index (χ1) is 15.5. The normalized spacial score (nSPS) is 15.2. The summed E-state index contributed by atoms with van der Waals surface area (Å²) in [5.41, 5.74) is 2.98. The summed E-state index contributed by atoms with van der Waals surface area (Å²) >= 11 is 0. The van der Waals surface area contributed by atoms with E-state index < -0.39 is 0 Å². The highest BCUT2D eigenvalue weighted by atomic mass is 16.5. The van der Waals surface area contributed by atoms with Gasteiger partial charge in [-0.25, -0.2) is 0 Å². The molecule has 0 bridgehead atoms. The van der Waals surface area contributed by atoms with Crippen LogP contribution in [0.4, 0.5) is 0 Å². The Labute approximate surface area is 188 Å². The van der Waals surface area contributed by atoms with Gasteiger partial charge in [0.25, 0.3) is 0 Å². The maximum atomic E-state index is 13.1. The van der Waals surface area contributed by atoms with Crippen molar-refractivity contribution in [3.8, 4) is 17.2 Å². The van der Waals surface area contributed by atoms with Crippen LogP contribution >= 0.6 is 0 Å². The molecule has 0 radical (unpaired) electrons. The van der Waals surface area contributed by atoms with Gasteiger partial charge in [0.2, 0.25) is 5.78 Å². The molecule has 2 heterocycles. The quantitative estimate of drug-likeness (QED) is 0.553. The van der Waals surface area contributed by atoms with E-state index in [4.69, 9.17) is 9.47 Å². The monoisotopic (exact) mass is 434 g/mol. The number of ketones is 1. The van der Waals surface area contributed by atoms with E-state index in [1.54, 1.807) is 19.3 Å². The van der Waals surface area contributed by atoms with Gasteiger partial charge in [0, 0.05) is 34.8 Å². The number of ether oxygens (including phenoxy) is 2. The van der Waals surface area contributed by atoms with Gasteiger partial charge in [0.1, 0.15) is 18.0 Å². The van der Waals surface area contributed by atoms with E-state index in [-0.39, 0.29) is 17.3 Å². The second-order valence-corrected chi connectivity index (χ2v) is 8.35. The maximum Gasteiger partial charge on any atom is 0.231 e. The molecule has 0 saturated carbocycles. The Morgan fingerprint density at radius 1 is 1.22 bits per heavy atom. The van der Waals surface area contributed by atoms with Gasteiger partial charge in [-0.05, 0) is 43.7 Å². The molecule has 1 aliphatic rings. The average molecular weight is 435 g/mol. The van der Waals surface area contributed by atoms with Crippen LogP contribution in [0.15, 0.2) is 42.3 Å². The van der Waals surface area contributed by atoms with Crippen LogP contribution < -0.4 is 19.5 Å². The fourth-order valence-corrected chi connectivity index (χ4v) is 4.27. The van der Waals surface area contributed by atoms with Gasteiger partial charge in [-0.2, -0.15) is 0 Å². The number of nitrogens with zero attached hydrogens (tertiary/aromatic N) is 1. The standard InChI is InChI=1S/C26H30N2O4/c1-5-7-12-27(3)16-21-23(29)11-9-19-25(30)24(32-26(19)21)13-17-15-28(6-2)22-10-8-18(31-4)14-20(17)22/h8-11,13-15,29H,5-7,12,16H2,1-4H3/b24-13+. The first-order valence-electron chi connectivity index (χ1n) is 11.2. The number of aryl methyl sites for hydroxylation is 1. The van der Waals surface area contributed by atoms with Crippen LogP contribution in [0.2, 0.25) is 0 Å². The van der Waals surface area contributed by atoms with Crippen molar-refractivity contribution in [3.63, 3.8) is 0 Å². The Morgan fingerprint density at radius 2 is 2.03 bits per heavy atom. The Bertz CT molecular complexity index is 1190. The molecule has 3 aromatic rings. The number of aromatic nitrogens is 1. The summed E-state index contributed by atoms with van der Waals surface area (Å²) in [6.07, 6.45) is 5.98. The zero-order chi connectivity index (χ0) is 22.8. The first-order valence-corrected chi connectivity index (χ1v) is 11.2. The number of benzene rings is 2. The van der Waals surface area contributed by atoms with Crippen molar-refractivity contribution in [1.82, 2.24) is 4.57 Å². The Kier molecular flexibility index (Phi) is 6.24. The Hall–Kier alpha value is -3.25. The number of unbranched alkanes of at least 4 members (excludes halogenated alkanes) is 1. The molecule has 1 aliphatic heterocycles. The topological polar surface area (TPSA) is 68.0 Å². The number of quaternary nitrogens is 1. The highest BCUT2D eigenvalue weighted by molar-refractivity contribution is 6.15. The van der Waals surface area contributed by atoms with Gasteiger partial charge < -0.3 is 24.0 Å². The fourth-order valence-electron chi connectivity index (χ4n) is 4.27. The summed E-state index contributed by atoms with van der Waals surface area (Å²) in [6.45, 7) is 6.53. The van der Waals surface area contributed by atoms with Crippen LogP contribution in [0.3, 0.4) is 0 Å². The minimum Gasteiger partial charge on any atom is -0.872 e. The predicted molar refractivity (Wildman–Crippen MR) is 123 cm³/mol. The molecule has 1 N–H and O–H groups in total. The van der Waals surface area contributed by atoms with Crippen molar-refractivity contribution in [3.05, 3.63) is 59.0 Å². The van der Waals surface area contributed by atoms with E-state index >= 15 is 0 Å². The lowest BCUT2D eigenvalue weighted by atomic mass is 10.0. The third kappa shape index (κ3) is 3.98. The molecule has 0 amide bonds. The lowest BCUT2D eigenvalue weighted by Gasteiger charge is -2.20. The van der Waals surface area contributed by atoms with Gasteiger partial charge in [0.05, 0.1) is 26.3 Å². The van der Waals surface area contributed by atoms with Crippen molar-refractivity contribution in [2.45, 2.75) is 39.8 Å². The first kappa shape index (κ1) is 22.0. The largest absolute Gasteiger partial charge is 0.872 e. The molecule has 32 heavy (non-hydrogen) atoms. The van der Waals surface area contributed by atoms with Crippen LogP contribution in [0.25, 0.3) is 17.0 Å². The fraction of sp³-hybridized carbons (Fsp3) is 0.346. The van der Waals surface area contributed by atoms with E-state index in [0.717, 1.165) is 48.1 Å². The minimum atomic E-state index is -0.187. The van der Waals surface area contributed by atoms with E-state index in [2.05, 4.69) is 25.5 Å². The minimum absolute atomic E-state index is 0.0824. The zero-order valence-corrected chi connectivity index (χ0v) is 19.2. The van der Waals surface area contributed by atoms with Crippen molar-refractivity contribution >= 4 is 22.8 Å². The van der Waals surface area contributed by atoms with Crippen molar-refractivity contribution in [2.75, 3.05) is 20.7 Å². The second-order valence-electron chi connectivity index (χ2n) is 8.35. The van der Waals surface area contributed by atoms with Crippen LogP contribution in [-0.4, -0.2) is 31.1 Å².